The molecule has 3 aliphatic rings. The first-order valence-corrected chi connectivity index (χ1v) is 12.4. The highest BCUT2D eigenvalue weighted by molar-refractivity contribution is 7.85. The Morgan fingerprint density at radius 1 is 0.941 bits per heavy atom. The summed E-state index contributed by atoms with van der Waals surface area (Å²) >= 11 is 0. The summed E-state index contributed by atoms with van der Waals surface area (Å²) in [5.74, 6) is 3.31. The first kappa shape index (κ1) is 22.6. The fourth-order valence-electron chi connectivity index (χ4n) is 4.50. The highest BCUT2D eigenvalue weighted by atomic mass is 32.2. The lowest BCUT2D eigenvalue weighted by molar-refractivity contribution is 0.0827. The zero-order valence-corrected chi connectivity index (χ0v) is 19.8. The highest BCUT2D eigenvalue weighted by Gasteiger charge is 2.43. The molecule has 2 atom stereocenters. The maximum Gasteiger partial charge on any atom is 0.294 e. The van der Waals surface area contributed by atoms with Crippen molar-refractivity contribution in [1.29, 1.82) is 0 Å². The summed E-state index contributed by atoms with van der Waals surface area (Å²) in [6.45, 7) is 5.47. The molecule has 4 heterocycles. The number of hydrogen-bond acceptors (Lipinski definition) is 8. The van der Waals surface area contributed by atoms with Crippen molar-refractivity contribution in [3.8, 4) is 22.8 Å². The SMILES string of the molecule is CN1C[C@@H]2CN(c3ccc(-c4ccc5c(c4)OCO5)nn3)C[C@@H]21.Cc1ccc(S(=O)(=O)O)cc1. The zero-order valence-electron chi connectivity index (χ0n) is 19.0. The molecule has 3 aromatic rings. The number of fused-ring (bicyclic) bond motifs is 2. The fraction of sp³-hybridized carbons (Fsp3) is 0.333. The van der Waals surface area contributed by atoms with Gasteiger partial charge in [-0.1, -0.05) is 17.7 Å². The fourth-order valence-corrected chi connectivity index (χ4v) is 4.98. The van der Waals surface area contributed by atoms with Gasteiger partial charge in [0.05, 0.1) is 10.6 Å². The van der Waals surface area contributed by atoms with Gasteiger partial charge in [-0.3, -0.25) is 4.55 Å². The molecule has 0 unspecified atom stereocenters. The van der Waals surface area contributed by atoms with E-state index in [1.807, 2.05) is 31.2 Å². The largest absolute Gasteiger partial charge is 0.454 e. The van der Waals surface area contributed by atoms with Gasteiger partial charge >= 0.3 is 0 Å². The van der Waals surface area contributed by atoms with E-state index in [0.29, 0.717) is 6.04 Å². The van der Waals surface area contributed by atoms with Gasteiger partial charge in [0.1, 0.15) is 0 Å². The molecular weight excluding hydrogens is 456 g/mol. The molecule has 0 saturated carbocycles. The van der Waals surface area contributed by atoms with Crippen molar-refractivity contribution in [1.82, 2.24) is 15.1 Å². The van der Waals surface area contributed by atoms with Crippen LogP contribution in [0.15, 0.2) is 59.5 Å². The van der Waals surface area contributed by atoms with E-state index in [9.17, 15) is 8.42 Å². The summed E-state index contributed by atoms with van der Waals surface area (Å²) in [6.07, 6.45) is 0. The van der Waals surface area contributed by atoms with Crippen LogP contribution in [0.4, 0.5) is 5.82 Å². The van der Waals surface area contributed by atoms with Crippen LogP contribution < -0.4 is 14.4 Å². The molecule has 0 spiro atoms. The summed E-state index contributed by atoms with van der Waals surface area (Å²) in [4.78, 5) is 4.69. The summed E-state index contributed by atoms with van der Waals surface area (Å²) in [6, 6.07) is 16.6. The van der Waals surface area contributed by atoms with E-state index < -0.39 is 10.1 Å². The van der Waals surface area contributed by atoms with Gasteiger partial charge in [0.25, 0.3) is 10.1 Å². The Labute approximate surface area is 198 Å². The van der Waals surface area contributed by atoms with Gasteiger partial charge in [-0.05, 0) is 56.4 Å². The van der Waals surface area contributed by atoms with Crippen LogP contribution in [0.2, 0.25) is 0 Å². The summed E-state index contributed by atoms with van der Waals surface area (Å²) < 4.78 is 40.3. The lowest BCUT2D eigenvalue weighted by Gasteiger charge is -2.40. The van der Waals surface area contributed by atoms with E-state index in [-0.39, 0.29) is 11.7 Å². The number of aromatic nitrogens is 2. The summed E-state index contributed by atoms with van der Waals surface area (Å²) in [5.41, 5.74) is 2.80. The van der Waals surface area contributed by atoms with Gasteiger partial charge in [-0.15, -0.1) is 10.2 Å². The summed E-state index contributed by atoms with van der Waals surface area (Å²) in [5, 5.41) is 8.84. The number of anilines is 1. The van der Waals surface area contributed by atoms with Gasteiger partial charge in [0, 0.05) is 37.2 Å². The van der Waals surface area contributed by atoms with Crippen LogP contribution in [-0.2, 0) is 10.1 Å². The van der Waals surface area contributed by atoms with Crippen molar-refractivity contribution in [2.45, 2.75) is 17.9 Å². The normalized spacial score (nSPS) is 20.9. The molecule has 0 bridgehead atoms. The Hall–Kier alpha value is -3.21. The Balaban J connectivity index is 0.000000186. The maximum atomic E-state index is 10.5. The summed E-state index contributed by atoms with van der Waals surface area (Å²) in [7, 11) is -1.83. The first-order valence-electron chi connectivity index (χ1n) is 11.0. The van der Waals surface area contributed by atoms with Crippen LogP contribution in [0.5, 0.6) is 11.5 Å². The number of likely N-dealkylation sites (N-methyl/N-ethyl adjacent to an activating group) is 1. The van der Waals surface area contributed by atoms with Crippen LogP contribution in [0.25, 0.3) is 11.3 Å². The monoisotopic (exact) mass is 482 g/mol. The minimum absolute atomic E-state index is 0.0666. The van der Waals surface area contributed by atoms with Gasteiger partial charge < -0.3 is 19.3 Å². The Morgan fingerprint density at radius 2 is 1.71 bits per heavy atom. The van der Waals surface area contributed by atoms with E-state index in [1.54, 1.807) is 12.1 Å². The zero-order chi connectivity index (χ0) is 23.9. The van der Waals surface area contributed by atoms with Crippen LogP contribution in [-0.4, -0.2) is 67.6 Å². The van der Waals surface area contributed by atoms with Crippen LogP contribution in [0, 0.1) is 12.8 Å². The predicted molar refractivity (Wildman–Crippen MR) is 127 cm³/mol. The smallest absolute Gasteiger partial charge is 0.294 e. The number of ether oxygens (including phenoxy) is 2. The molecule has 2 aromatic carbocycles. The minimum Gasteiger partial charge on any atom is -0.454 e. The molecule has 34 heavy (non-hydrogen) atoms. The standard InChI is InChI=1S/C17H18N4O2.C7H8O3S/c1-20-7-12-8-21(9-14(12)20)17-5-3-13(18-19-17)11-2-4-15-16(6-11)23-10-22-15;1-6-2-4-7(5-3-6)11(8,9)10/h2-6,12,14H,7-10H2,1H3;2-5H,1H3,(H,8,9,10)/t12-,14+;/m1./s1. The molecule has 9 nitrogen and oxygen atoms in total. The third-order valence-electron chi connectivity index (χ3n) is 6.46. The Kier molecular flexibility index (Phi) is 5.88. The molecule has 0 aliphatic carbocycles. The van der Waals surface area contributed by atoms with Crippen molar-refractivity contribution in [3.05, 3.63) is 60.2 Å². The molecule has 2 fully saturated rings. The average Bonchev–Trinajstić information content (AvgIpc) is 3.43. The number of aryl methyl sites for hydroxylation is 1. The molecule has 1 N–H and O–H groups in total. The third kappa shape index (κ3) is 4.56. The number of likely N-dealkylation sites (tertiary alicyclic amines) is 1. The lowest BCUT2D eigenvalue weighted by Crippen LogP contribution is -2.52. The molecule has 0 amide bonds. The van der Waals surface area contributed by atoms with Crippen molar-refractivity contribution >= 4 is 15.9 Å². The molecule has 3 aliphatic heterocycles. The van der Waals surface area contributed by atoms with Crippen LogP contribution in [0.3, 0.4) is 0 Å². The quantitative estimate of drug-likeness (QED) is 0.564. The molecule has 178 valence electrons. The predicted octanol–water partition coefficient (Wildman–Crippen LogP) is 2.86. The van der Waals surface area contributed by atoms with Crippen molar-refractivity contribution in [2.24, 2.45) is 5.92 Å². The molecule has 0 radical (unpaired) electrons. The van der Waals surface area contributed by atoms with Gasteiger partial charge in [0.2, 0.25) is 6.79 Å². The van der Waals surface area contributed by atoms with Gasteiger partial charge in [-0.2, -0.15) is 8.42 Å². The number of rotatable bonds is 3. The van der Waals surface area contributed by atoms with E-state index in [0.717, 1.165) is 53.1 Å². The number of hydrogen-bond donors (Lipinski definition) is 1. The van der Waals surface area contributed by atoms with Crippen LogP contribution >= 0.6 is 0 Å². The second kappa shape index (κ2) is 8.86. The first-order chi connectivity index (χ1) is 16.3. The van der Waals surface area contributed by atoms with E-state index in [2.05, 4.69) is 33.1 Å². The lowest BCUT2D eigenvalue weighted by atomic mass is 9.93. The topological polar surface area (TPSA) is 105 Å². The van der Waals surface area contributed by atoms with Crippen molar-refractivity contribution < 1.29 is 22.4 Å². The third-order valence-corrected chi connectivity index (χ3v) is 7.32. The van der Waals surface area contributed by atoms with Crippen molar-refractivity contribution in [3.63, 3.8) is 0 Å². The van der Waals surface area contributed by atoms with Gasteiger partial charge in [0.15, 0.2) is 17.3 Å². The number of nitrogens with zero attached hydrogens (tertiary/aromatic N) is 4. The molecule has 10 heteroatoms. The van der Waals surface area contributed by atoms with E-state index in [1.165, 1.54) is 18.7 Å². The molecule has 1 aromatic heterocycles. The number of benzene rings is 2. The minimum atomic E-state index is -4.02. The second-order valence-electron chi connectivity index (χ2n) is 8.80. The molecular formula is C24H26N4O5S. The maximum absolute atomic E-state index is 10.5. The Morgan fingerprint density at radius 3 is 2.35 bits per heavy atom. The highest BCUT2D eigenvalue weighted by Crippen LogP contribution is 2.36. The Bertz CT molecular complexity index is 1280. The molecule has 6 rings (SSSR count). The second-order valence-corrected chi connectivity index (χ2v) is 10.2. The van der Waals surface area contributed by atoms with Crippen LogP contribution in [0.1, 0.15) is 5.56 Å². The average molecular weight is 483 g/mol. The van der Waals surface area contributed by atoms with E-state index >= 15 is 0 Å². The van der Waals surface area contributed by atoms with Gasteiger partial charge in [-0.25, -0.2) is 0 Å². The van der Waals surface area contributed by atoms with E-state index in [4.69, 9.17) is 14.0 Å². The van der Waals surface area contributed by atoms with Crippen molar-refractivity contribution in [2.75, 3.05) is 38.4 Å². The molecule has 2 saturated heterocycles.